The average Bonchev–Trinajstić information content (AvgIpc) is 2.86. The third-order valence-corrected chi connectivity index (χ3v) is 6.56. The first-order valence-corrected chi connectivity index (χ1v) is 8.69. The summed E-state index contributed by atoms with van der Waals surface area (Å²) in [4.78, 5) is 27.3. The Bertz CT molecular complexity index is 885. The summed E-state index contributed by atoms with van der Waals surface area (Å²) in [6, 6.07) is 15.9. The van der Waals surface area contributed by atoms with Gasteiger partial charge >= 0.3 is 0 Å². The van der Waals surface area contributed by atoms with Crippen LogP contribution in [0, 0.1) is 11.8 Å². The van der Waals surface area contributed by atoms with Crippen LogP contribution < -0.4 is 0 Å². The fraction of sp³-hybridized carbons (Fsp3) is 0.333. The number of imide groups is 1. The molecule has 2 aromatic rings. The molecule has 25 heavy (non-hydrogen) atoms. The van der Waals surface area contributed by atoms with Crippen LogP contribution in [0.3, 0.4) is 0 Å². The van der Waals surface area contributed by atoms with Crippen LogP contribution in [0.15, 0.2) is 48.5 Å². The average molecular weight is 333 g/mol. The summed E-state index contributed by atoms with van der Waals surface area (Å²) in [5.74, 6) is -1.41. The Balaban J connectivity index is 1.96. The Labute approximate surface area is 146 Å². The van der Waals surface area contributed by atoms with Crippen molar-refractivity contribution in [2.45, 2.75) is 24.4 Å². The van der Waals surface area contributed by atoms with E-state index in [0.717, 1.165) is 22.3 Å². The molecule has 2 amide bonds. The number of carbonyl (C=O) groups is 2. The molecule has 1 N–H and O–H groups in total. The second-order valence-electron chi connectivity index (χ2n) is 7.44. The molecule has 126 valence electrons. The lowest BCUT2D eigenvalue weighted by atomic mass is 9.46. The topological polar surface area (TPSA) is 57.6 Å². The maximum absolute atomic E-state index is 13.1. The summed E-state index contributed by atoms with van der Waals surface area (Å²) < 4.78 is 0. The first-order chi connectivity index (χ1) is 12.0. The van der Waals surface area contributed by atoms with Crippen LogP contribution >= 0.6 is 0 Å². The molecule has 0 spiro atoms. The normalized spacial score (nSPS) is 33.1. The van der Waals surface area contributed by atoms with E-state index in [1.807, 2.05) is 48.5 Å². The molecule has 6 rings (SSSR count). The minimum Gasteiger partial charge on any atom is -0.392 e. The molecule has 3 unspecified atom stereocenters. The first kappa shape index (κ1) is 14.8. The van der Waals surface area contributed by atoms with Gasteiger partial charge in [0.15, 0.2) is 0 Å². The van der Waals surface area contributed by atoms with Gasteiger partial charge in [-0.05, 0) is 29.2 Å². The summed E-state index contributed by atoms with van der Waals surface area (Å²) >= 11 is 0. The Kier molecular flexibility index (Phi) is 2.72. The highest BCUT2D eigenvalue weighted by Crippen LogP contribution is 2.64. The molecule has 4 aliphatic rings. The van der Waals surface area contributed by atoms with Gasteiger partial charge in [0, 0.05) is 13.0 Å². The van der Waals surface area contributed by atoms with Crippen LogP contribution in [0.1, 0.15) is 35.1 Å². The van der Waals surface area contributed by atoms with Crippen LogP contribution in [-0.4, -0.2) is 35.0 Å². The van der Waals surface area contributed by atoms with Crippen molar-refractivity contribution in [1.29, 1.82) is 0 Å². The molecule has 0 saturated carbocycles. The fourth-order valence-corrected chi connectivity index (χ4v) is 5.68. The van der Waals surface area contributed by atoms with Gasteiger partial charge in [0.2, 0.25) is 11.8 Å². The second kappa shape index (κ2) is 4.58. The van der Waals surface area contributed by atoms with E-state index >= 15 is 0 Å². The molecule has 1 aliphatic heterocycles. The molecule has 0 radical (unpaired) electrons. The van der Waals surface area contributed by atoms with Gasteiger partial charge in [-0.15, -0.1) is 0 Å². The highest BCUT2D eigenvalue weighted by atomic mass is 16.3. The third-order valence-electron chi connectivity index (χ3n) is 6.56. The molecule has 2 bridgehead atoms. The minimum atomic E-state index is -0.871. The molecular weight excluding hydrogens is 314 g/mol. The number of likely N-dealkylation sites (tertiary alicyclic amines) is 1. The number of hydrogen-bond acceptors (Lipinski definition) is 3. The van der Waals surface area contributed by atoms with Crippen LogP contribution in [-0.2, 0) is 15.0 Å². The van der Waals surface area contributed by atoms with E-state index in [1.165, 1.54) is 4.90 Å². The molecule has 1 heterocycles. The number of rotatable bonds is 1. The van der Waals surface area contributed by atoms with Crippen molar-refractivity contribution < 1.29 is 14.7 Å². The van der Waals surface area contributed by atoms with E-state index in [0.29, 0.717) is 0 Å². The van der Waals surface area contributed by atoms with Crippen molar-refractivity contribution in [1.82, 2.24) is 4.90 Å². The van der Waals surface area contributed by atoms with Crippen LogP contribution in [0.4, 0.5) is 0 Å². The van der Waals surface area contributed by atoms with E-state index in [1.54, 1.807) is 14.0 Å². The van der Waals surface area contributed by atoms with E-state index in [2.05, 4.69) is 0 Å². The zero-order chi connectivity index (χ0) is 17.5. The zero-order valence-corrected chi connectivity index (χ0v) is 14.1. The van der Waals surface area contributed by atoms with Crippen molar-refractivity contribution in [3.63, 3.8) is 0 Å². The van der Waals surface area contributed by atoms with E-state index < -0.39 is 23.4 Å². The fourth-order valence-electron chi connectivity index (χ4n) is 5.68. The summed E-state index contributed by atoms with van der Waals surface area (Å²) in [6.45, 7) is 1.74. The van der Waals surface area contributed by atoms with Gasteiger partial charge in [0.1, 0.15) is 0 Å². The lowest BCUT2D eigenvalue weighted by Crippen LogP contribution is -2.58. The van der Waals surface area contributed by atoms with Gasteiger partial charge in [-0.3, -0.25) is 14.5 Å². The van der Waals surface area contributed by atoms with E-state index in [-0.39, 0.29) is 17.7 Å². The monoisotopic (exact) mass is 333 g/mol. The molecule has 0 aromatic heterocycles. The number of aliphatic hydroxyl groups excluding tert-OH is 1. The number of benzene rings is 2. The van der Waals surface area contributed by atoms with Crippen molar-refractivity contribution in [2.75, 3.05) is 7.05 Å². The maximum Gasteiger partial charge on any atom is 0.234 e. The SMILES string of the molecule is CC(O)C12c3ccccc3C(c3ccccc31)C1C(=O)N(C)C(=O)C12. The molecule has 4 heteroatoms. The van der Waals surface area contributed by atoms with Gasteiger partial charge in [0.05, 0.1) is 23.4 Å². The Hall–Kier alpha value is -2.46. The van der Waals surface area contributed by atoms with Crippen molar-refractivity contribution in [3.05, 3.63) is 70.8 Å². The smallest absolute Gasteiger partial charge is 0.234 e. The van der Waals surface area contributed by atoms with Gasteiger partial charge < -0.3 is 5.11 Å². The maximum atomic E-state index is 13.1. The number of carbonyl (C=O) groups excluding carboxylic acids is 2. The molecule has 4 nitrogen and oxygen atoms in total. The quantitative estimate of drug-likeness (QED) is 0.813. The molecule has 1 fully saturated rings. The second-order valence-corrected chi connectivity index (χ2v) is 7.44. The van der Waals surface area contributed by atoms with Crippen molar-refractivity contribution >= 4 is 11.8 Å². The number of amides is 2. The standard InChI is InChI=1S/C21H19NO3/c1-11(23)21-14-9-5-3-7-12(14)16(13-8-4-6-10-15(13)21)17-18(21)20(25)22(2)19(17)24/h3-11,16-18,23H,1-2H3. The predicted molar refractivity (Wildman–Crippen MR) is 91.9 cm³/mol. The highest BCUT2D eigenvalue weighted by molar-refractivity contribution is 6.08. The molecule has 3 aliphatic carbocycles. The van der Waals surface area contributed by atoms with E-state index in [9.17, 15) is 14.7 Å². The Morgan fingerprint density at radius 3 is 2.00 bits per heavy atom. The van der Waals surface area contributed by atoms with Crippen LogP contribution in [0.5, 0.6) is 0 Å². The van der Waals surface area contributed by atoms with Crippen LogP contribution in [0.2, 0.25) is 0 Å². The summed E-state index contributed by atoms with van der Waals surface area (Å²) in [5.41, 5.74) is 3.25. The third kappa shape index (κ3) is 1.44. The number of hydrogen-bond donors (Lipinski definition) is 1. The Morgan fingerprint density at radius 2 is 1.48 bits per heavy atom. The summed E-state index contributed by atoms with van der Waals surface area (Å²) in [5, 5.41) is 11.0. The van der Waals surface area contributed by atoms with Crippen molar-refractivity contribution in [3.8, 4) is 0 Å². The highest BCUT2D eigenvalue weighted by Gasteiger charge is 2.68. The van der Waals surface area contributed by atoms with E-state index in [4.69, 9.17) is 0 Å². The molecule has 2 aromatic carbocycles. The minimum absolute atomic E-state index is 0.126. The zero-order valence-electron chi connectivity index (χ0n) is 14.1. The number of nitrogens with zero attached hydrogens (tertiary/aromatic N) is 1. The lowest BCUT2D eigenvalue weighted by Gasteiger charge is -2.55. The number of aliphatic hydroxyl groups is 1. The molecule has 3 atom stereocenters. The van der Waals surface area contributed by atoms with Crippen molar-refractivity contribution in [2.24, 2.45) is 11.8 Å². The first-order valence-electron chi connectivity index (χ1n) is 8.69. The van der Waals surface area contributed by atoms with Crippen LogP contribution in [0.25, 0.3) is 0 Å². The summed E-state index contributed by atoms with van der Waals surface area (Å²) in [7, 11) is 1.56. The van der Waals surface area contributed by atoms with Gasteiger partial charge in [0.25, 0.3) is 0 Å². The van der Waals surface area contributed by atoms with Gasteiger partial charge in [-0.1, -0.05) is 48.5 Å². The largest absolute Gasteiger partial charge is 0.392 e. The summed E-state index contributed by atoms with van der Waals surface area (Å²) in [6.07, 6.45) is -0.785. The van der Waals surface area contributed by atoms with Gasteiger partial charge in [-0.2, -0.15) is 0 Å². The molecular formula is C21H19NO3. The van der Waals surface area contributed by atoms with Gasteiger partial charge in [-0.25, -0.2) is 0 Å². The molecule has 1 saturated heterocycles. The Morgan fingerprint density at radius 1 is 0.960 bits per heavy atom. The lowest BCUT2D eigenvalue weighted by molar-refractivity contribution is -0.138. The predicted octanol–water partition coefficient (Wildman–Crippen LogP) is 2.04.